The second-order valence-corrected chi connectivity index (χ2v) is 11.6. The lowest BCUT2D eigenvalue weighted by molar-refractivity contribution is 0.0613. The smallest absolute Gasteiger partial charge is 0.274 e. The highest BCUT2D eigenvalue weighted by Gasteiger charge is 2.50. The topological polar surface area (TPSA) is 101 Å². The molecule has 2 atom stereocenters. The lowest BCUT2D eigenvalue weighted by Crippen LogP contribution is -2.34. The van der Waals surface area contributed by atoms with Crippen LogP contribution in [0.2, 0.25) is 5.02 Å². The maximum atomic E-state index is 13.4. The molecule has 2 N–H and O–H groups in total. The van der Waals surface area contributed by atoms with E-state index in [-0.39, 0.29) is 34.4 Å². The Bertz CT molecular complexity index is 1120. The Morgan fingerprint density at radius 2 is 2.00 bits per heavy atom. The molecule has 0 spiro atoms. The van der Waals surface area contributed by atoms with Gasteiger partial charge in [-0.15, -0.1) is 0 Å². The third kappa shape index (κ3) is 4.63. The number of hydrogen-bond acceptors (Lipinski definition) is 5. The molecule has 31 heavy (non-hydrogen) atoms. The number of hydrogen-bond donors (Lipinski definition) is 2. The molecule has 1 aromatic carbocycles. The predicted octanol–water partition coefficient (Wildman–Crippen LogP) is 3.14. The molecule has 0 bridgehead atoms. The largest absolute Gasteiger partial charge is 0.389 e. The van der Waals surface area contributed by atoms with Gasteiger partial charge in [0.1, 0.15) is 21.3 Å². The first-order valence-corrected chi connectivity index (χ1v) is 12.6. The summed E-state index contributed by atoms with van der Waals surface area (Å²) in [6.07, 6.45) is 5.13. The molecule has 1 aromatic heterocycles. The fraction of sp³-hybridized carbons (Fsp3) is 0.524. The normalized spacial score (nSPS) is 28.0. The van der Waals surface area contributed by atoms with Crippen molar-refractivity contribution in [1.82, 2.24) is 9.55 Å². The predicted molar refractivity (Wildman–Crippen MR) is 115 cm³/mol. The molecule has 2 unspecified atom stereocenters. The number of aryl methyl sites for hydroxylation is 1. The van der Waals surface area contributed by atoms with Crippen molar-refractivity contribution in [2.75, 3.05) is 17.3 Å². The molecule has 0 radical (unpaired) electrons. The number of nitrogens with one attached hydrogen (secondary N) is 1. The van der Waals surface area contributed by atoms with Crippen LogP contribution in [0.3, 0.4) is 0 Å². The summed E-state index contributed by atoms with van der Waals surface area (Å²) in [6.45, 7) is 0. The maximum Gasteiger partial charge on any atom is 0.274 e. The van der Waals surface area contributed by atoms with Gasteiger partial charge in [-0.3, -0.25) is 4.79 Å². The van der Waals surface area contributed by atoms with Gasteiger partial charge < -0.3 is 15.0 Å². The van der Waals surface area contributed by atoms with Gasteiger partial charge in [0.2, 0.25) is 0 Å². The SMILES string of the molecule is Cn1cnc(C2CC3CC(O)(CS(C)(=O)=O)CC3C2)c1C(=O)Nc1ccc(F)c(Cl)c1. The van der Waals surface area contributed by atoms with Crippen molar-refractivity contribution in [2.24, 2.45) is 18.9 Å². The molecular weight excluding hydrogens is 445 g/mol. The Labute approximate surface area is 185 Å². The van der Waals surface area contributed by atoms with Crippen LogP contribution in [0.25, 0.3) is 0 Å². The van der Waals surface area contributed by atoms with Gasteiger partial charge in [-0.2, -0.15) is 0 Å². The number of carbonyl (C=O) groups is 1. The van der Waals surface area contributed by atoms with Crippen molar-refractivity contribution in [3.63, 3.8) is 0 Å². The van der Waals surface area contributed by atoms with E-state index in [1.807, 2.05) is 0 Å². The Morgan fingerprint density at radius 1 is 1.35 bits per heavy atom. The van der Waals surface area contributed by atoms with Crippen LogP contribution >= 0.6 is 11.6 Å². The highest BCUT2D eigenvalue weighted by molar-refractivity contribution is 7.90. The fourth-order valence-electron chi connectivity index (χ4n) is 5.39. The number of nitrogens with zero attached hydrogens (tertiary/aromatic N) is 2. The minimum Gasteiger partial charge on any atom is -0.389 e. The van der Waals surface area contributed by atoms with Gasteiger partial charge in [-0.1, -0.05) is 11.6 Å². The number of aliphatic hydroxyl groups is 1. The lowest BCUT2D eigenvalue weighted by atomic mass is 9.93. The van der Waals surface area contributed by atoms with E-state index in [0.29, 0.717) is 29.9 Å². The second-order valence-electron chi connectivity index (χ2n) is 9.06. The van der Waals surface area contributed by atoms with Crippen LogP contribution in [0.4, 0.5) is 10.1 Å². The van der Waals surface area contributed by atoms with Crippen LogP contribution in [0.1, 0.15) is 47.8 Å². The number of anilines is 1. The van der Waals surface area contributed by atoms with Crippen molar-refractivity contribution in [1.29, 1.82) is 0 Å². The zero-order valence-electron chi connectivity index (χ0n) is 17.3. The Morgan fingerprint density at radius 3 is 2.58 bits per heavy atom. The number of imidazole rings is 1. The minimum atomic E-state index is -3.26. The first-order valence-electron chi connectivity index (χ1n) is 10.1. The third-order valence-corrected chi connectivity index (χ3v) is 7.75. The number of benzene rings is 1. The van der Waals surface area contributed by atoms with Crippen LogP contribution < -0.4 is 5.32 Å². The zero-order chi connectivity index (χ0) is 22.6. The lowest BCUT2D eigenvalue weighted by Gasteiger charge is -2.23. The van der Waals surface area contributed by atoms with Gasteiger partial charge in [0.15, 0.2) is 0 Å². The molecule has 10 heteroatoms. The number of sulfone groups is 1. The van der Waals surface area contributed by atoms with Gasteiger partial charge >= 0.3 is 0 Å². The summed E-state index contributed by atoms with van der Waals surface area (Å²) in [6, 6.07) is 3.99. The van der Waals surface area contributed by atoms with Gasteiger partial charge in [0.05, 0.1) is 28.4 Å². The summed E-state index contributed by atoms with van der Waals surface area (Å²) in [7, 11) is -1.52. The molecule has 168 valence electrons. The number of carbonyl (C=O) groups excluding carboxylic acids is 1. The first kappa shape index (κ1) is 22.2. The monoisotopic (exact) mass is 469 g/mol. The van der Waals surface area contributed by atoms with Crippen LogP contribution in [0.5, 0.6) is 0 Å². The molecule has 2 aliphatic rings. The summed E-state index contributed by atoms with van der Waals surface area (Å²) >= 11 is 5.80. The molecular formula is C21H25ClFN3O4S. The molecule has 4 rings (SSSR count). The Hall–Kier alpha value is -1.97. The molecule has 0 saturated heterocycles. The van der Waals surface area contributed by atoms with E-state index < -0.39 is 21.3 Å². The van der Waals surface area contributed by atoms with Gasteiger partial charge in [-0.25, -0.2) is 17.8 Å². The number of halogens is 2. The van der Waals surface area contributed by atoms with Gasteiger partial charge in [-0.05, 0) is 55.7 Å². The minimum absolute atomic E-state index is 0.0524. The van der Waals surface area contributed by atoms with Crippen molar-refractivity contribution >= 4 is 33.0 Å². The van der Waals surface area contributed by atoms with E-state index in [1.165, 1.54) is 18.2 Å². The summed E-state index contributed by atoms with van der Waals surface area (Å²) in [5, 5.41) is 13.4. The molecule has 2 aromatic rings. The summed E-state index contributed by atoms with van der Waals surface area (Å²) in [4.78, 5) is 17.4. The molecule has 0 aliphatic heterocycles. The summed E-state index contributed by atoms with van der Waals surface area (Å²) in [5.41, 5.74) is 0.337. The standard InChI is InChI=1S/C21H25ClFN3O4S/c1-26-11-24-18(19(26)20(27)25-15-3-4-17(23)16(22)7-15)12-5-13-8-21(28,9-14(13)6-12)10-31(2,29)30/h3-4,7,11-14,28H,5-6,8-10H2,1-2H3,(H,25,27). The van der Waals surface area contributed by atoms with Crippen LogP contribution in [0, 0.1) is 17.7 Å². The number of fused-ring (bicyclic) bond motifs is 1. The van der Waals surface area contributed by atoms with Crippen LogP contribution in [-0.4, -0.2) is 46.6 Å². The molecule has 1 heterocycles. The van der Waals surface area contributed by atoms with Crippen LogP contribution in [0.15, 0.2) is 24.5 Å². The summed E-state index contributed by atoms with van der Waals surface area (Å²) < 4.78 is 38.4. The quantitative estimate of drug-likeness (QED) is 0.700. The van der Waals surface area contributed by atoms with E-state index in [4.69, 9.17) is 11.6 Å². The van der Waals surface area contributed by atoms with E-state index >= 15 is 0 Å². The van der Waals surface area contributed by atoms with Gasteiger partial charge in [0.25, 0.3) is 5.91 Å². The molecule has 7 nitrogen and oxygen atoms in total. The van der Waals surface area contributed by atoms with E-state index in [1.54, 1.807) is 17.9 Å². The molecule has 1 amide bonds. The third-order valence-electron chi connectivity index (χ3n) is 6.40. The average molecular weight is 470 g/mol. The maximum absolute atomic E-state index is 13.4. The average Bonchev–Trinajstić information content (AvgIpc) is 3.27. The Kier molecular flexibility index (Phi) is 5.64. The van der Waals surface area contributed by atoms with Crippen molar-refractivity contribution in [3.05, 3.63) is 46.8 Å². The molecule has 2 fully saturated rings. The summed E-state index contributed by atoms with van der Waals surface area (Å²) in [5.74, 6) is -0.681. The first-order chi connectivity index (χ1) is 14.4. The number of amides is 1. The number of aromatic nitrogens is 2. The molecule has 2 saturated carbocycles. The van der Waals surface area contributed by atoms with Crippen molar-refractivity contribution in [3.8, 4) is 0 Å². The molecule has 2 aliphatic carbocycles. The van der Waals surface area contributed by atoms with Crippen molar-refractivity contribution in [2.45, 2.75) is 37.2 Å². The zero-order valence-corrected chi connectivity index (χ0v) is 18.9. The van der Waals surface area contributed by atoms with Crippen LogP contribution in [-0.2, 0) is 16.9 Å². The highest BCUT2D eigenvalue weighted by Crippen LogP contribution is 2.54. The fourth-order valence-corrected chi connectivity index (χ4v) is 6.78. The van der Waals surface area contributed by atoms with E-state index in [2.05, 4.69) is 10.3 Å². The van der Waals surface area contributed by atoms with Gasteiger partial charge in [0, 0.05) is 24.9 Å². The number of rotatable bonds is 5. The van der Waals surface area contributed by atoms with Crippen molar-refractivity contribution < 1.29 is 22.7 Å². The Balaban J connectivity index is 1.49. The van der Waals surface area contributed by atoms with E-state index in [0.717, 1.165) is 19.1 Å². The van der Waals surface area contributed by atoms with E-state index in [9.17, 15) is 22.7 Å². The highest BCUT2D eigenvalue weighted by atomic mass is 35.5. The second kappa shape index (κ2) is 7.86.